The number of piperidine rings is 1. The van der Waals surface area contributed by atoms with Gasteiger partial charge in [-0.2, -0.15) is 13.2 Å². The molecule has 5 nitrogen and oxygen atoms in total. The number of likely N-dealkylation sites (tertiary alicyclic amines) is 1. The third-order valence-electron chi connectivity index (χ3n) is 4.84. The summed E-state index contributed by atoms with van der Waals surface area (Å²) in [6, 6.07) is 2.22. The lowest BCUT2D eigenvalue weighted by Gasteiger charge is -2.33. The molecule has 2 amide bonds. The van der Waals surface area contributed by atoms with Gasteiger partial charge in [-0.1, -0.05) is 6.92 Å². The van der Waals surface area contributed by atoms with Gasteiger partial charge in [0.05, 0.1) is 4.88 Å². The molecule has 3 rings (SSSR count). The van der Waals surface area contributed by atoms with Crippen molar-refractivity contribution in [3.8, 4) is 0 Å². The molecule has 2 aromatic rings. The third-order valence-corrected chi connectivity index (χ3v) is 6.03. The molecule has 0 saturated carbocycles. The number of carbonyl (C=O) groups is 2. The maximum Gasteiger partial charge on any atom is 0.433 e. The van der Waals surface area contributed by atoms with Gasteiger partial charge in [0.2, 0.25) is 5.91 Å². The molecule has 1 aliphatic rings. The molecule has 28 heavy (non-hydrogen) atoms. The van der Waals surface area contributed by atoms with E-state index in [1.54, 1.807) is 11.8 Å². The number of halogens is 3. The summed E-state index contributed by atoms with van der Waals surface area (Å²) in [5.74, 6) is -0.243. The van der Waals surface area contributed by atoms with Crippen molar-refractivity contribution >= 4 is 33.4 Å². The Morgan fingerprint density at radius 2 is 2.11 bits per heavy atom. The van der Waals surface area contributed by atoms with E-state index in [0.29, 0.717) is 35.3 Å². The predicted octanol–water partition coefficient (Wildman–Crippen LogP) is 4.14. The summed E-state index contributed by atoms with van der Waals surface area (Å²) in [4.78, 5) is 30.8. The Kier molecular flexibility index (Phi) is 5.92. The fourth-order valence-electron chi connectivity index (χ4n) is 3.41. The van der Waals surface area contributed by atoms with E-state index in [0.717, 1.165) is 36.7 Å². The first-order valence-electron chi connectivity index (χ1n) is 9.26. The van der Waals surface area contributed by atoms with E-state index < -0.39 is 11.9 Å². The highest BCUT2D eigenvalue weighted by Gasteiger charge is 2.33. The van der Waals surface area contributed by atoms with Crippen LogP contribution in [-0.4, -0.2) is 40.8 Å². The van der Waals surface area contributed by atoms with Crippen molar-refractivity contribution in [3.05, 3.63) is 28.3 Å². The first-order chi connectivity index (χ1) is 13.2. The third kappa shape index (κ3) is 4.29. The van der Waals surface area contributed by atoms with Crippen LogP contribution in [0.1, 0.15) is 53.5 Å². The molecule has 1 atom stereocenters. The van der Waals surface area contributed by atoms with Gasteiger partial charge in [-0.25, -0.2) is 4.98 Å². The number of hydrogen-bond acceptors (Lipinski definition) is 4. The molecular formula is C19H22F3N3O2S. The molecule has 0 spiro atoms. The summed E-state index contributed by atoms with van der Waals surface area (Å²) in [6.45, 7) is 4.63. The fourth-order valence-corrected chi connectivity index (χ4v) is 4.56. The number of alkyl halides is 3. The lowest BCUT2D eigenvalue weighted by molar-refractivity contribution is -0.140. The Morgan fingerprint density at radius 3 is 2.79 bits per heavy atom. The van der Waals surface area contributed by atoms with Crippen LogP contribution in [0.5, 0.6) is 0 Å². The van der Waals surface area contributed by atoms with Crippen molar-refractivity contribution in [2.45, 2.75) is 51.7 Å². The van der Waals surface area contributed by atoms with E-state index in [2.05, 4.69) is 10.3 Å². The lowest BCUT2D eigenvalue weighted by Crippen LogP contribution is -2.49. The standard InChI is InChI=1S/C19H22F3N3O2S/c1-3-5-15(26)23-12-6-4-9-25(10-12)18(27)16-11(2)13-7-8-14(19(20,21)22)24-17(13)28-16/h7-8,12H,3-6,9-10H2,1-2H3,(H,23,26). The molecule has 0 radical (unpaired) electrons. The smallest absolute Gasteiger partial charge is 0.352 e. The van der Waals surface area contributed by atoms with Crippen LogP contribution >= 0.6 is 11.3 Å². The molecule has 2 aromatic heterocycles. The number of nitrogens with zero attached hydrogens (tertiary/aromatic N) is 2. The van der Waals surface area contributed by atoms with Crippen LogP contribution in [0.2, 0.25) is 0 Å². The number of aryl methyl sites for hydroxylation is 1. The molecular weight excluding hydrogens is 391 g/mol. The summed E-state index contributed by atoms with van der Waals surface area (Å²) in [7, 11) is 0. The zero-order valence-corrected chi connectivity index (χ0v) is 16.5. The van der Waals surface area contributed by atoms with Gasteiger partial charge in [0.25, 0.3) is 5.91 Å². The topological polar surface area (TPSA) is 62.3 Å². The van der Waals surface area contributed by atoms with Gasteiger partial charge in [-0.3, -0.25) is 9.59 Å². The second kappa shape index (κ2) is 8.06. The van der Waals surface area contributed by atoms with Crippen LogP contribution in [0.3, 0.4) is 0 Å². The van der Waals surface area contributed by atoms with Gasteiger partial charge >= 0.3 is 6.18 Å². The van der Waals surface area contributed by atoms with Gasteiger partial charge in [-0.05, 0) is 43.9 Å². The van der Waals surface area contributed by atoms with Gasteiger partial charge in [-0.15, -0.1) is 11.3 Å². The zero-order chi connectivity index (χ0) is 20.5. The first kappa shape index (κ1) is 20.6. The van der Waals surface area contributed by atoms with E-state index >= 15 is 0 Å². The van der Waals surface area contributed by atoms with Gasteiger partial charge in [0.1, 0.15) is 10.5 Å². The lowest BCUT2D eigenvalue weighted by atomic mass is 10.0. The molecule has 1 aliphatic heterocycles. The monoisotopic (exact) mass is 413 g/mol. The first-order valence-corrected chi connectivity index (χ1v) is 10.1. The second-order valence-corrected chi connectivity index (χ2v) is 8.01. The van der Waals surface area contributed by atoms with Crippen LogP contribution in [0, 0.1) is 6.92 Å². The van der Waals surface area contributed by atoms with Crippen molar-refractivity contribution < 1.29 is 22.8 Å². The number of thiophene rings is 1. The highest BCUT2D eigenvalue weighted by molar-refractivity contribution is 7.20. The Labute approximate surface area is 164 Å². The summed E-state index contributed by atoms with van der Waals surface area (Å²) in [6.07, 6.45) is -1.74. The average molecular weight is 413 g/mol. The van der Waals surface area contributed by atoms with E-state index in [1.165, 1.54) is 6.07 Å². The molecule has 9 heteroatoms. The number of fused-ring (bicyclic) bond motifs is 1. The Hall–Kier alpha value is -2.16. The van der Waals surface area contributed by atoms with Crippen LogP contribution in [0.4, 0.5) is 13.2 Å². The largest absolute Gasteiger partial charge is 0.433 e. The van der Waals surface area contributed by atoms with E-state index in [-0.39, 0.29) is 22.7 Å². The molecule has 0 aromatic carbocycles. The number of carbonyl (C=O) groups excluding carboxylic acids is 2. The minimum Gasteiger partial charge on any atom is -0.352 e. The summed E-state index contributed by atoms with van der Waals surface area (Å²) >= 11 is 0.990. The normalized spacial score (nSPS) is 17.8. The van der Waals surface area contributed by atoms with Gasteiger partial charge < -0.3 is 10.2 Å². The van der Waals surface area contributed by atoms with Gasteiger partial charge in [0, 0.05) is 30.9 Å². The molecule has 152 valence electrons. The number of amides is 2. The molecule has 1 saturated heterocycles. The molecule has 1 fully saturated rings. The molecule has 1 N–H and O–H groups in total. The Bertz CT molecular complexity index is 894. The van der Waals surface area contributed by atoms with Crippen molar-refractivity contribution in [2.24, 2.45) is 0 Å². The highest BCUT2D eigenvalue weighted by atomic mass is 32.1. The highest BCUT2D eigenvalue weighted by Crippen LogP contribution is 2.35. The number of rotatable bonds is 4. The van der Waals surface area contributed by atoms with Crippen molar-refractivity contribution in [1.29, 1.82) is 0 Å². The maximum atomic E-state index is 13.0. The fraction of sp³-hybridized carbons (Fsp3) is 0.526. The number of nitrogens with one attached hydrogen (secondary N) is 1. The van der Waals surface area contributed by atoms with Crippen molar-refractivity contribution in [1.82, 2.24) is 15.2 Å². The Morgan fingerprint density at radius 1 is 1.36 bits per heavy atom. The SMILES string of the molecule is CCCC(=O)NC1CCCN(C(=O)c2sc3nc(C(F)(F)F)ccc3c2C)C1. The molecule has 0 aliphatic carbocycles. The quantitative estimate of drug-likeness (QED) is 0.819. The number of hydrogen-bond donors (Lipinski definition) is 1. The van der Waals surface area contributed by atoms with Crippen molar-refractivity contribution in [3.63, 3.8) is 0 Å². The second-order valence-electron chi connectivity index (χ2n) is 7.01. The average Bonchev–Trinajstić information content (AvgIpc) is 2.97. The zero-order valence-electron chi connectivity index (χ0n) is 15.7. The van der Waals surface area contributed by atoms with E-state index in [1.807, 2.05) is 6.92 Å². The minimum absolute atomic E-state index is 0.0243. The van der Waals surface area contributed by atoms with Crippen LogP contribution in [-0.2, 0) is 11.0 Å². The number of aromatic nitrogens is 1. The van der Waals surface area contributed by atoms with Crippen LogP contribution in [0.15, 0.2) is 12.1 Å². The minimum atomic E-state index is -4.52. The molecule has 3 heterocycles. The predicted molar refractivity (Wildman–Crippen MR) is 101 cm³/mol. The summed E-state index contributed by atoms with van der Waals surface area (Å²) in [5.41, 5.74) is -0.319. The molecule has 0 bridgehead atoms. The molecule has 1 unspecified atom stereocenters. The summed E-state index contributed by atoms with van der Waals surface area (Å²) < 4.78 is 38.7. The summed E-state index contributed by atoms with van der Waals surface area (Å²) in [5, 5.41) is 3.52. The van der Waals surface area contributed by atoms with Gasteiger partial charge in [0.15, 0.2) is 0 Å². The van der Waals surface area contributed by atoms with Crippen molar-refractivity contribution in [2.75, 3.05) is 13.1 Å². The van der Waals surface area contributed by atoms with E-state index in [9.17, 15) is 22.8 Å². The Balaban J connectivity index is 1.80. The van der Waals surface area contributed by atoms with Crippen LogP contribution < -0.4 is 5.32 Å². The van der Waals surface area contributed by atoms with Crippen LogP contribution in [0.25, 0.3) is 10.2 Å². The maximum absolute atomic E-state index is 13.0. The number of pyridine rings is 1. The van der Waals surface area contributed by atoms with E-state index in [4.69, 9.17) is 0 Å².